The molecule has 4 heterocycles. The topological polar surface area (TPSA) is 102 Å². The predicted molar refractivity (Wildman–Crippen MR) is 123 cm³/mol. The second kappa shape index (κ2) is 9.61. The average molecular weight is 500 g/mol. The van der Waals surface area contributed by atoms with Gasteiger partial charge < -0.3 is 19.3 Å². The highest BCUT2D eigenvalue weighted by Gasteiger charge is 2.31. The number of hydrogen-bond donors (Lipinski definition) is 1. The molecule has 188 valence electrons. The Hall–Kier alpha value is -3.93. The molecule has 0 bridgehead atoms. The number of anilines is 1. The van der Waals surface area contributed by atoms with E-state index in [9.17, 15) is 18.3 Å². The fourth-order valence-corrected chi connectivity index (χ4v) is 4.02. The van der Waals surface area contributed by atoms with Gasteiger partial charge in [-0.1, -0.05) is 5.16 Å². The number of alkyl halides is 3. The Labute approximate surface area is 204 Å². The lowest BCUT2D eigenvalue weighted by Crippen LogP contribution is -2.36. The normalized spacial score (nSPS) is 14.9. The van der Waals surface area contributed by atoms with E-state index >= 15 is 0 Å². The summed E-state index contributed by atoms with van der Waals surface area (Å²) in [6.07, 6.45) is -1.78. The van der Waals surface area contributed by atoms with Crippen LogP contribution >= 0.6 is 0 Å². The number of halogens is 3. The number of ether oxygens (including phenoxy) is 1. The van der Waals surface area contributed by atoms with Crippen LogP contribution in [0, 0.1) is 6.92 Å². The zero-order valence-corrected chi connectivity index (χ0v) is 19.3. The quantitative estimate of drug-likeness (QED) is 0.420. The van der Waals surface area contributed by atoms with Crippen LogP contribution in [0.4, 0.5) is 19.0 Å². The van der Waals surface area contributed by atoms with Gasteiger partial charge in [0.05, 0.1) is 12.6 Å². The van der Waals surface area contributed by atoms with Crippen LogP contribution < -0.4 is 9.64 Å². The van der Waals surface area contributed by atoms with Gasteiger partial charge in [-0.3, -0.25) is 4.68 Å². The van der Waals surface area contributed by atoms with Crippen LogP contribution in [0.1, 0.15) is 24.1 Å². The van der Waals surface area contributed by atoms with E-state index < -0.39 is 6.36 Å². The molecular weight excluding hydrogens is 477 g/mol. The van der Waals surface area contributed by atoms with Crippen molar-refractivity contribution in [3.63, 3.8) is 0 Å². The third-order valence-electron chi connectivity index (χ3n) is 5.90. The number of aliphatic hydroxyl groups is 1. The molecule has 0 radical (unpaired) electrons. The number of piperidine rings is 1. The summed E-state index contributed by atoms with van der Waals surface area (Å²) in [6, 6.07) is 11.0. The molecule has 1 fully saturated rings. The number of hydrogen-bond acceptors (Lipinski definition) is 8. The maximum Gasteiger partial charge on any atom is 0.573 e. The highest BCUT2D eigenvalue weighted by molar-refractivity contribution is 5.59. The summed E-state index contributed by atoms with van der Waals surface area (Å²) < 4.78 is 48.1. The second-order valence-corrected chi connectivity index (χ2v) is 8.56. The Kier molecular flexibility index (Phi) is 6.35. The number of aromatic nitrogens is 5. The maximum atomic E-state index is 12.4. The Morgan fingerprint density at radius 3 is 2.58 bits per heavy atom. The molecule has 0 spiro atoms. The Balaban J connectivity index is 1.29. The molecule has 0 aliphatic carbocycles. The minimum Gasteiger partial charge on any atom is -0.406 e. The first kappa shape index (κ1) is 23.8. The van der Waals surface area contributed by atoms with Gasteiger partial charge in [0.25, 0.3) is 5.89 Å². The van der Waals surface area contributed by atoms with Gasteiger partial charge >= 0.3 is 6.36 Å². The van der Waals surface area contributed by atoms with Crippen molar-refractivity contribution in [1.29, 1.82) is 0 Å². The molecular formula is C24H23F3N6O3. The van der Waals surface area contributed by atoms with E-state index in [1.54, 1.807) is 6.20 Å². The summed E-state index contributed by atoms with van der Waals surface area (Å²) in [7, 11) is 0. The third kappa shape index (κ3) is 5.48. The lowest BCUT2D eigenvalue weighted by Gasteiger charge is -2.30. The van der Waals surface area contributed by atoms with Crippen molar-refractivity contribution in [3.8, 4) is 28.7 Å². The molecule has 5 rings (SSSR count). The van der Waals surface area contributed by atoms with Crippen molar-refractivity contribution in [2.75, 3.05) is 18.0 Å². The van der Waals surface area contributed by atoms with Crippen molar-refractivity contribution < 1.29 is 27.5 Å². The van der Waals surface area contributed by atoms with Crippen molar-refractivity contribution in [2.45, 2.75) is 38.8 Å². The molecule has 0 atom stereocenters. The van der Waals surface area contributed by atoms with Gasteiger partial charge in [-0.05, 0) is 67.8 Å². The number of rotatable bonds is 6. The van der Waals surface area contributed by atoms with Gasteiger partial charge in [0.1, 0.15) is 11.6 Å². The molecule has 1 N–H and O–H groups in total. The maximum absolute atomic E-state index is 12.4. The first-order chi connectivity index (χ1) is 17.2. The molecule has 12 heteroatoms. The van der Waals surface area contributed by atoms with Crippen LogP contribution in [0.15, 0.2) is 53.2 Å². The first-order valence-corrected chi connectivity index (χ1v) is 11.4. The van der Waals surface area contributed by atoms with Gasteiger partial charge in [-0.15, -0.1) is 13.2 Å². The van der Waals surface area contributed by atoms with Crippen LogP contribution in [0.5, 0.6) is 5.75 Å². The number of pyridine rings is 1. The van der Waals surface area contributed by atoms with E-state index in [0.717, 1.165) is 43.0 Å². The number of nitrogens with zero attached hydrogens (tertiary/aromatic N) is 6. The van der Waals surface area contributed by atoms with E-state index in [0.29, 0.717) is 17.8 Å². The molecule has 1 aliphatic rings. The Morgan fingerprint density at radius 2 is 1.86 bits per heavy atom. The summed E-state index contributed by atoms with van der Waals surface area (Å²) in [6.45, 7) is 3.96. The molecule has 1 saturated heterocycles. The minimum atomic E-state index is -4.76. The minimum absolute atomic E-state index is 0.199. The molecule has 1 aromatic carbocycles. The van der Waals surface area contributed by atoms with Gasteiger partial charge in [0.15, 0.2) is 5.69 Å². The van der Waals surface area contributed by atoms with Crippen LogP contribution in [-0.4, -0.2) is 55.6 Å². The van der Waals surface area contributed by atoms with Gasteiger partial charge in [-0.2, -0.15) is 10.1 Å². The lowest BCUT2D eigenvalue weighted by atomic mass is 10.1. The third-order valence-corrected chi connectivity index (χ3v) is 5.90. The average Bonchev–Trinajstić information content (AvgIpc) is 3.47. The Bertz CT molecular complexity index is 1330. The highest BCUT2D eigenvalue weighted by Crippen LogP contribution is 2.27. The largest absolute Gasteiger partial charge is 0.573 e. The molecule has 0 amide bonds. The molecule has 3 aromatic heterocycles. The van der Waals surface area contributed by atoms with Gasteiger partial charge in [0.2, 0.25) is 5.82 Å². The van der Waals surface area contributed by atoms with E-state index in [4.69, 9.17) is 4.52 Å². The summed E-state index contributed by atoms with van der Waals surface area (Å²) in [5.41, 5.74) is 2.88. The zero-order valence-electron chi connectivity index (χ0n) is 19.3. The van der Waals surface area contributed by atoms with Crippen LogP contribution in [-0.2, 0) is 6.54 Å². The van der Waals surface area contributed by atoms with E-state index in [1.807, 2.05) is 29.8 Å². The molecule has 0 saturated carbocycles. The molecule has 36 heavy (non-hydrogen) atoms. The Morgan fingerprint density at radius 1 is 1.11 bits per heavy atom. The van der Waals surface area contributed by atoms with Crippen LogP contribution in [0.3, 0.4) is 0 Å². The first-order valence-electron chi connectivity index (χ1n) is 11.4. The lowest BCUT2D eigenvalue weighted by molar-refractivity contribution is -0.274. The van der Waals surface area contributed by atoms with Crippen molar-refractivity contribution in [3.05, 3.63) is 59.9 Å². The predicted octanol–water partition coefficient (Wildman–Crippen LogP) is 4.21. The molecule has 0 unspecified atom stereocenters. The number of aliphatic hydroxyl groups excluding tert-OH is 1. The number of benzene rings is 1. The standard InChI is InChI=1S/C24H23F3N6O3/c1-15-12-20(23-29-22(31-36-23)17-2-4-19(5-3-17)35-24(25,26)27)30-33(15)14-16-6-9-28-21(13-16)32-10-7-18(34)8-11-32/h2-6,9,12-13,18,34H,7-8,10-11,14H2,1H3. The molecule has 1 aliphatic heterocycles. The highest BCUT2D eigenvalue weighted by atomic mass is 19.4. The second-order valence-electron chi connectivity index (χ2n) is 8.56. The zero-order chi connectivity index (χ0) is 25.3. The van der Waals surface area contributed by atoms with Gasteiger partial charge in [-0.25, -0.2) is 4.98 Å². The van der Waals surface area contributed by atoms with E-state index in [-0.39, 0.29) is 23.6 Å². The smallest absolute Gasteiger partial charge is 0.406 e. The summed E-state index contributed by atoms with van der Waals surface area (Å²) in [5, 5.41) is 18.3. The SMILES string of the molecule is Cc1cc(-c2nc(-c3ccc(OC(F)(F)F)cc3)no2)nn1Cc1ccnc(N2CCC(O)CC2)c1. The molecule has 4 aromatic rings. The summed E-state index contributed by atoms with van der Waals surface area (Å²) in [5.74, 6) is 0.963. The van der Waals surface area contributed by atoms with Crippen molar-refractivity contribution in [1.82, 2.24) is 24.9 Å². The van der Waals surface area contributed by atoms with Crippen molar-refractivity contribution >= 4 is 5.82 Å². The van der Waals surface area contributed by atoms with Crippen molar-refractivity contribution in [2.24, 2.45) is 0 Å². The van der Waals surface area contributed by atoms with Crippen LogP contribution in [0.2, 0.25) is 0 Å². The summed E-state index contributed by atoms with van der Waals surface area (Å²) >= 11 is 0. The van der Waals surface area contributed by atoms with Gasteiger partial charge in [0, 0.05) is 30.5 Å². The monoisotopic (exact) mass is 500 g/mol. The number of aryl methyl sites for hydroxylation is 1. The fraction of sp³-hybridized carbons (Fsp3) is 0.333. The molecule has 9 nitrogen and oxygen atoms in total. The fourth-order valence-electron chi connectivity index (χ4n) is 4.02. The van der Waals surface area contributed by atoms with E-state index in [2.05, 4.69) is 29.9 Å². The van der Waals surface area contributed by atoms with E-state index in [1.165, 1.54) is 24.3 Å². The van der Waals surface area contributed by atoms with Crippen LogP contribution in [0.25, 0.3) is 23.0 Å². The summed E-state index contributed by atoms with van der Waals surface area (Å²) in [4.78, 5) is 11.0.